The fourth-order valence-corrected chi connectivity index (χ4v) is 3.67. The lowest BCUT2D eigenvalue weighted by molar-refractivity contribution is 0.198. The monoisotopic (exact) mass is 402 g/mol. The number of halogens is 2. The van der Waals surface area contributed by atoms with Gasteiger partial charge in [-0.15, -0.1) is 12.4 Å². The number of aryl methyl sites for hydroxylation is 1. The summed E-state index contributed by atoms with van der Waals surface area (Å²) in [5, 5.41) is 6.94. The molecule has 0 bridgehead atoms. The van der Waals surface area contributed by atoms with Crippen LogP contribution in [0.2, 0.25) is 0 Å². The number of benzene rings is 1. The van der Waals surface area contributed by atoms with Crippen LogP contribution >= 0.6 is 12.4 Å². The first kappa shape index (κ1) is 20.2. The Morgan fingerprint density at radius 1 is 1.11 bits per heavy atom. The van der Waals surface area contributed by atoms with Gasteiger partial charge in [0.05, 0.1) is 6.20 Å². The number of H-pyrrole nitrogens is 1. The third kappa shape index (κ3) is 4.00. The minimum absolute atomic E-state index is 0. The van der Waals surface area contributed by atoms with E-state index in [1.165, 1.54) is 11.6 Å². The molecule has 6 nitrogen and oxygen atoms in total. The Morgan fingerprint density at radius 3 is 2.54 bits per heavy atom. The molecule has 3 heterocycles. The molecular formula is C20H24ClFN6. The van der Waals surface area contributed by atoms with Gasteiger partial charge >= 0.3 is 0 Å². The molecule has 1 fully saturated rings. The zero-order valence-corrected chi connectivity index (χ0v) is 16.8. The van der Waals surface area contributed by atoms with E-state index in [4.69, 9.17) is 0 Å². The summed E-state index contributed by atoms with van der Waals surface area (Å²) >= 11 is 0. The van der Waals surface area contributed by atoms with E-state index >= 15 is 0 Å². The minimum Gasteiger partial charge on any atom is -0.352 e. The summed E-state index contributed by atoms with van der Waals surface area (Å²) in [6.45, 7) is 7.72. The van der Waals surface area contributed by atoms with Crippen LogP contribution in [-0.4, -0.2) is 51.2 Å². The molecule has 2 aromatic heterocycles. The normalized spacial score (nSPS) is 15.9. The van der Waals surface area contributed by atoms with Crippen molar-refractivity contribution in [3.05, 3.63) is 59.9 Å². The number of nitrogens with one attached hydrogen (secondary N) is 1. The molecule has 1 aliphatic rings. The fraction of sp³-hybridized carbons (Fsp3) is 0.350. The van der Waals surface area contributed by atoms with Crippen LogP contribution in [0.3, 0.4) is 0 Å². The zero-order chi connectivity index (χ0) is 18.8. The van der Waals surface area contributed by atoms with Crippen LogP contribution in [0.25, 0.3) is 11.3 Å². The van der Waals surface area contributed by atoms with Gasteiger partial charge in [-0.25, -0.2) is 9.37 Å². The van der Waals surface area contributed by atoms with E-state index < -0.39 is 0 Å². The molecular weight excluding hydrogens is 379 g/mol. The lowest BCUT2D eigenvalue weighted by Gasteiger charge is -2.38. The molecule has 0 radical (unpaired) electrons. The molecule has 3 aromatic rings. The molecule has 0 amide bonds. The van der Waals surface area contributed by atoms with Crippen LogP contribution < -0.4 is 4.90 Å². The first-order chi connectivity index (χ1) is 13.1. The van der Waals surface area contributed by atoms with Crippen molar-refractivity contribution in [2.45, 2.75) is 19.9 Å². The molecule has 8 heteroatoms. The van der Waals surface area contributed by atoms with Gasteiger partial charge in [-0.1, -0.05) is 0 Å². The molecule has 1 atom stereocenters. The van der Waals surface area contributed by atoms with Crippen LogP contribution in [0.4, 0.5) is 10.2 Å². The van der Waals surface area contributed by atoms with E-state index in [-0.39, 0.29) is 18.2 Å². The summed E-state index contributed by atoms with van der Waals surface area (Å²) in [6.07, 6.45) is 7.25. The quantitative estimate of drug-likeness (QED) is 0.722. The predicted octanol–water partition coefficient (Wildman–Crippen LogP) is 3.62. The second-order valence-electron chi connectivity index (χ2n) is 6.92. The summed E-state index contributed by atoms with van der Waals surface area (Å²) in [4.78, 5) is 13.9. The number of anilines is 1. The van der Waals surface area contributed by atoms with Crippen LogP contribution in [0.15, 0.2) is 43.0 Å². The topological polar surface area (TPSA) is 60.9 Å². The number of hydrogen-bond acceptors (Lipinski definition) is 5. The Hall–Kier alpha value is -2.51. The molecule has 28 heavy (non-hydrogen) atoms. The maximum Gasteiger partial charge on any atom is 0.155 e. The molecule has 1 unspecified atom stereocenters. The van der Waals surface area contributed by atoms with Crippen molar-refractivity contribution in [1.29, 1.82) is 0 Å². The lowest BCUT2D eigenvalue weighted by Crippen LogP contribution is -2.47. The van der Waals surface area contributed by atoms with Gasteiger partial charge in [0.2, 0.25) is 0 Å². The standard InChI is InChI=1S/C20H23FN6.ClH/c1-14-11-17(21)3-4-18(14)19-20(23-6-5-22-19)27-9-7-26(8-10-27)15(2)16-12-24-25-13-16;/h3-6,11-13,15H,7-10H2,1-2H3,(H,24,25);1H. The first-order valence-corrected chi connectivity index (χ1v) is 9.18. The average Bonchev–Trinajstić information content (AvgIpc) is 3.23. The van der Waals surface area contributed by atoms with E-state index in [0.717, 1.165) is 48.8 Å². The number of nitrogens with zero attached hydrogens (tertiary/aromatic N) is 5. The zero-order valence-electron chi connectivity index (χ0n) is 16.0. The van der Waals surface area contributed by atoms with Crippen molar-refractivity contribution >= 4 is 18.2 Å². The molecule has 0 saturated carbocycles. The smallest absolute Gasteiger partial charge is 0.155 e. The molecule has 4 rings (SSSR count). The number of piperazine rings is 1. The van der Waals surface area contributed by atoms with Crippen LogP contribution in [0.5, 0.6) is 0 Å². The van der Waals surface area contributed by atoms with Crippen LogP contribution in [0.1, 0.15) is 24.1 Å². The van der Waals surface area contributed by atoms with Gasteiger partial charge in [0.15, 0.2) is 5.82 Å². The molecule has 1 N–H and O–H groups in total. The van der Waals surface area contributed by atoms with E-state index in [1.807, 2.05) is 19.3 Å². The molecule has 0 spiro atoms. The summed E-state index contributed by atoms with van der Waals surface area (Å²) in [5.41, 5.74) is 3.80. The second-order valence-corrected chi connectivity index (χ2v) is 6.92. The maximum atomic E-state index is 13.5. The number of rotatable bonds is 4. The molecule has 1 aliphatic heterocycles. The van der Waals surface area contributed by atoms with Gasteiger partial charge in [-0.3, -0.25) is 15.0 Å². The largest absolute Gasteiger partial charge is 0.352 e. The minimum atomic E-state index is -0.233. The summed E-state index contributed by atoms with van der Waals surface area (Å²) in [7, 11) is 0. The Balaban J connectivity index is 0.00000225. The highest BCUT2D eigenvalue weighted by atomic mass is 35.5. The van der Waals surface area contributed by atoms with Gasteiger partial charge in [-0.2, -0.15) is 5.10 Å². The van der Waals surface area contributed by atoms with Crippen molar-refractivity contribution in [3.63, 3.8) is 0 Å². The van der Waals surface area contributed by atoms with Gasteiger partial charge in [0.25, 0.3) is 0 Å². The van der Waals surface area contributed by atoms with Gasteiger partial charge < -0.3 is 4.90 Å². The molecule has 148 valence electrons. The second kappa shape index (κ2) is 8.67. The maximum absolute atomic E-state index is 13.5. The Bertz CT molecular complexity index is 909. The van der Waals surface area contributed by atoms with Gasteiger partial charge in [0, 0.05) is 61.9 Å². The van der Waals surface area contributed by atoms with Crippen molar-refractivity contribution in [2.75, 3.05) is 31.1 Å². The van der Waals surface area contributed by atoms with E-state index in [0.29, 0.717) is 6.04 Å². The predicted molar refractivity (Wildman–Crippen MR) is 110 cm³/mol. The van der Waals surface area contributed by atoms with Gasteiger partial charge in [0.1, 0.15) is 11.5 Å². The third-order valence-corrected chi connectivity index (χ3v) is 5.29. The Kier molecular flexibility index (Phi) is 6.26. The SMILES string of the molecule is Cc1cc(F)ccc1-c1nccnc1N1CCN(C(C)c2cn[nH]c2)CC1.Cl. The third-order valence-electron chi connectivity index (χ3n) is 5.29. The number of hydrogen-bond donors (Lipinski definition) is 1. The highest BCUT2D eigenvalue weighted by Gasteiger charge is 2.25. The van der Waals surface area contributed by atoms with Crippen LogP contribution in [0, 0.1) is 12.7 Å². The molecule has 0 aliphatic carbocycles. The molecule has 1 aromatic carbocycles. The average molecular weight is 403 g/mol. The lowest BCUT2D eigenvalue weighted by atomic mass is 10.0. The number of aromatic amines is 1. The van der Waals surface area contributed by atoms with Crippen molar-refractivity contribution < 1.29 is 4.39 Å². The van der Waals surface area contributed by atoms with Crippen molar-refractivity contribution in [2.24, 2.45) is 0 Å². The van der Waals surface area contributed by atoms with Gasteiger partial charge in [-0.05, 0) is 37.6 Å². The highest BCUT2D eigenvalue weighted by molar-refractivity contribution is 5.85. The van der Waals surface area contributed by atoms with Crippen molar-refractivity contribution in [3.8, 4) is 11.3 Å². The van der Waals surface area contributed by atoms with Crippen molar-refractivity contribution in [1.82, 2.24) is 25.1 Å². The van der Waals surface area contributed by atoms with E-state index in [9.17, 15) is 4.39 Å². The molecule has 1 saturated heterocycles. The first-order valence-electron chi connectivity index (χ1n) is 9.18. The fourth-order valence-electron chi connectivity index (χ4n) is 3.67. The van der Waals surface area contributed by atoms with E-state index in [1.54, 1.807) is 24.5 Å². The van der Waals surface area contributed by atoms with E-state index in [2.05, 4.69) is 36.9 Å². The summed E-state index contributed by atoms with van der Waals surface area (Å²) in [6, 6.07) is 5.13. The summed E-state index contributed by atoms with van der Waals surface area (Å²) < 4.78 is 13.5. The Morgan fingerprint density at radius 2 is 1.86 bits per heavy atom. The van der Waals surface area contributed by atoms with Crippen LogP contribution in [-0.2, 0) is 0 Å². The number of aromatic nitrogens is 4. The highest BCUT2D eigenvalue weighted by Crippen LogP contribution is 2.31. The summed E-state index contributed by atoms with van der Waals surface area (Å²) in [5.74, 6) is 0.631. The Labute approximate surface area is 170 Å².